The standard InChI is InChI=1S/C19H15BrClN4OP/c1-27(2,26)17-9-14(13-5-3-4-12(8-13)10-22)6-7-16(17)24-18-15(20)11-23-19(21)25-18/h3-9,11H,1-2H3,(H,23,24,25). The van der Waals surface area contributed by atoms with E-state index in [0.717, 1.165) is 11.1 Å². The molecule has 0 bridgehead atoms. The molecule has 0 saturated carbocycles. The van der Waals surface area contributed by atoms with E-state index in [2.05, 4.69) is 37.3 Å². The average Bonchev–Trinajstić information content (AvgIpc) is 2.64. The van der Waals surface area contributed by atoms with Crippen LogP contribution in [0.1, 0.15) is 5.56 Å². The number of aromatic nitrogens is 2. The number of hydrogen-bond acceptors (Lipinski definition) is 5. The smallest absolute Gasteiger partial charge is 0.224 e. The molecule has 0 amide bonds. The maximum absolute atomic E-state index is 12.9. The highest BCUT2D eigenvalue weighted by Crippen LogP contribution is 2.40. The van der Waals surface area contributed by atoms with E-state index in [-0.39, 0.29) is 5.28 Å². The summed E-state index contributed by atoms with van der Waals surface area (Å²) in [5.41, 5.74) is 3.03. The third-order valence-electron chi connectivity index (χ3n) is 3.87. The first-order valence-electron chi connectivity index (χ1n) is 7.93. The molecule has 3 aromatic rings. The Balaban J connectivity index is 2.09. The predicted octanol–water partition coefficient (Wildman–Crippen LogP) is 5.42. The van der Waals surface area contributed by atoms with Crippen LogP contribution in [0.2, 0.25) is 5.28 Å². The normalized spacial score (nSPS) is 11.1. The highest BCUT2D eigenvalue weighted by molar-refractivity contribution is 9.10. The number of rotatable bonds is 4. The summed E-state index contributed by atoms with van der Waals surface area (Å²) in [6.45, 7) is 3.43. The Bertz CT molecular complexity index is 1110. The summed E-state index contributed by atoms with van der Waals surface area (Å²) in [5.74, 6) is 0.490. The Morgan fingerprint density at radius 1 is 1.19 bits per heavy atom. The van der Waals surface area contributed by atoms with Gasteiger partial charge in [0.1, 0.15) is 13.0 Å². The Kier molecular flexibility index (Phi) is 5.67. The van der Waals surface area contributed by atoms with Crippen molar-refractivity contribution in [2.45, 2.75) is 0 Å². The zero-order valence-electron chi connectivity index (χ0n) is 14.6. The minimum absolute atomic E-state index is 0.114. The number of nitrogens with one attached hydrogen (secondary N) is 1. The first kappa shape index (κ1) is 19.6. The molecule has 0 fully saturated rings. The SMILES string of the molecule is CP(C)(=O)c1cc(-c2cccc(C#N)c2)ccc1Nc1nc(Cl)ncc1Br. The van der Waals surface area contributed by atoms with Crippen molar-refractivity contribution in [3.8, 4) is 17.2 Å². The summed E-state index contributed by atoms with van der Waals surface area (Å²) in [4.78, 5) is 8.07. The third-order valence-corrected chi connectivity index (χ3v) is 6.16. The summed E-state index contributed by atoms with van der Waals surface area (Å²) in [5, 5.41) is 13.1. The van der Waals surface area contributed by atoms with Gasteiger partial charge in [0.2, 0.25) is 5.28 Å². The number of nitriles is 1. The van der Waals surface area contributed by atoms with Crippen LogP contribution in [0, 0.1) is 11.3 Å². The van der Waals surface area contributed by atoms with E-state index in [9.17, 15) is 4.57 Å². The van der Waals surface area contributed by atoms with Gasteiger partial charge in [-0.3, -0.25) is 0 Å². The molecule has 136 valence electrons. The van der Waals surface area contributed by atoms with Crippen molar-refractivity contribution < 1.29 is 4.57 Å². The van der Waals surface area contributed by atoms with Crippen LogP contribution in [-0.4, -0.2) is 23.3 Å². The monoisotopic (exact) mass is 460 g/mol. The largest absolute Gasteiger partial charge is 0.339 e. The van der Waals surface area contributed by atoms with Crippen LogP contribution in [0.15, 0.2) is 53.1 Å². The lowest BCUT2D eigenvalue weighted by molar-refractivity contribution is 0.588. The summed E-state index contributed by atoms with van der Waals surface area (Å²) >= 11 is 9.27. The number of anilines is 2. The lowest BCUT2D eigenvalue weighted by Crippen LogP contribution is -2.11. The van der Waals surface area contributed by atoms with E-state index in [1.165, 1.54) is 0 Å². The van der Waals surface area contributed by atoms with Gasteiger partial charge in [-0.1, -0.05) is 18.2 Å². The van der Waals surface area contributed by atoms with Gasteiger partial charge in [0, 0.05) is 11.5 Å². The zero-order valence-corrected chi connectivity index (χ0v) is 17.8. The summed E-state index contributed by atoms with van der Waals surface area (Å²) in [7, 11) is -2.61. The molecular formula is C19H15BrClN4OP. The molecule has 5 nitrogen and oxygen atoms in total. The second-order valence-corrected chi connectivity index (χ2v) is 10.6. The van der Waals surface area contributed by atoms with E-state index in [1.54, 1.807) is 25.6 Å². The summed E-state index contributed by atoms with van der Waals surface area (Å²) in [6.07, 6.45) is 1.55. The van der Waals surface area contributed by atoms with Crippen LogP contribution < -0.4 is 10.6 Å². The molecule has 0 unspecified atom stereocenters. The molecule has 0 radical (unpaired) electrons. The van der Waals surface area contributed by atoms with Crippen molar-refractivity contribution in [1.29, 1.82) is 5.26 Å². The molecule has 0 aliphatic heterocycles. The minimum atomic E-state index is -2.61. The van der Waals surface area contributed by atoms with Gasteiger partial charge < -0.3 is 9.88 Å². The molecule has 0 atom stereocenters. The van der Waals surface area contributed by atoms with Gasteiger partial charge >= 0.3 is 0 Å². The van der Waals surface area contributed by atoms with Crippen LogP contribution in [0.5, 0.6) is 0 Å². The van der Waals surface area contributed by atoms with Gasteiger partial charge in [-0.15, -0.1) is 0 Å². The number of benzene rings is 2. The van der Waals surface area contributed by atoms with Crippen molar-refractivity contribution in [3.05, 3.63) is 64.0 Å². The van der Waals surface area contributed by atoms with Crippen LogP contribution in [-0.2, 0) is 4.57 Å². The molecule has 1 aromatic heterocycles. The van der Waals surface area contributed by atoms with Crippen LogP contribution >= 0.6 is 34.7 Å². The van der Waals surface area contributed by atoms with Crippen molar-refractivity contribution >= 4 is 51.5 Å². The number of nitrogens with zero attached hydrogens (tertiary/aromatic N) is 3. The molecule has 0 saturated heterocycles. The molecule has 3 rings (SSSR count). The number of halogens is 2. The van der Waals surface area contributed by atoms with Crippen molar-refractivity contribution in [2.75, 3.05) is 18.6 Å². The average molecular weight is 462 g/mol. The quantitative estimate of drug-likeness (QED) is 0.414. The lowest BCUT2D eigenvalue weighted by atomic mass is 10.0. The van der Waals surface area contributed by atoms with Gasteiger partial charge in [0.05, 0.1) is 21.8 Å². The van der Waals surface area contributed by atoms with Crippen molar-refractivity contribution in [1.82, 2.24) is 9.97 Å². The third kappa shape index (κ3) is 4.56. The predicted molar refractivity (Wildman–Crippen MR) is 114 cm³/mol. The van der Waals surface area contributed by atoms with Gasteiger partial charge in [-0.05, 0) is 76.3 Å². The Morgan fingerprint density at radius 3 is 2.63 bits per heavy atom. The first-order valence-corrected chi connectivity index (χ1v) is 11.7. The zero-order chi connectivity index (χ0) is 19.6. The van der Waals surface area contributed by atoms with E-state index in [1.807, 2.05) is 36.4 Å². The fraction of sp³-hybridized carbons (Fsp3) is 0.105. The molecule has 2 aromatic carbocycles. The van der Waals surface area contributed by atoms with Gasteiger partial charge in [0.25, 0.3) is 0 Å². The van der Waals surface area contributed by atoms with Crippen molar-refractivity contribution in [2.24, 2.45) is 0 Å². The molecule has 0 spiro atoms. The van der Waals surface area contributed by atoms with Gasteiger partial charge in [-0.25, -0.2) is 4.98 Å². The van der Waals surface area contributed by atoms with Gasteiger partial charge in [0.15, 0.2) is 0 Å². The highest BCUT2D eigenvalue weighted by Gasteiger charge is 2.19. The van der Waals surface area contributed by atoms with E-state index >= 15 is 0 Å². The first-order chi connectivity index (χ1) is 12.8. The van der Waals surface area contributed by atoms with E-state index in [4.69, 9.17) is 16.9 Å². The molecule has 8 heteroatoms. The van der Waals surface area contributed by atoms with Gasteiger partial charge in [-0.2, -0.15) is 10.2 Å². The Morgan fingerprint density at radius 2 is 1.93 bits per heavy atom. The van der Waals surface area contributed by atoms with E-state index in [0.29, 0.717) is 26.8 Å². The molecule has 0 aliphatic rings. The molecule has 1 heterocycles. The lowest BCUT2D eigenvalue weighted by Gasteiger charge is -2.17. The number of hydrogen-bond donors (Lipinski definition) is 1. The molecule has 27 heavy (non-hydrogen) atoms. The van der Waals surface area contributed by atoms with E-state index < -0.39 is 7.14 Å². The maximum atomic E-state index is 12.9. The Labute approximate surface area is 170 Å². The molecule has 0 aliphatic carbocycles. The molecule has 1 N–H and O–H groups in total. The fourth-order valence-corrected chi connectivity index (χ4v) is 4.18. The summed E-state index contributed by atoms with van der Waals surface area (Å²) in [6, 6.07) is 15.1. The van der Waals surface area contributed by atoms with Crippen molar-refractivity contribution in [3.63, 3.8) is 0 Å². The van der Waals surface area contributed by atoms with Crippen LogP contribution in [0.3, 0.4) is 0 Å². The maximum Gasteiger partial charge on any atom is 0.224 e. The summed E-state index contributed by atoms with van der Waals surface area (Å²) < 4.78 is 13.6. The highest BCUT2D eigenvalue weighted by atomic mass is 79.9. The Hall–Kier alpha value is -2.19. The minimum Gasteiger partial charge on any atom is -0.339 e. The topological polar surface area (TPSA) is 78.7 Å². The van der Waals surface area contributed by atoms with Crippen LogP contribution in [0.25, 0.3) is 11.1 Å². The molecular weight excluding hydrogens is 447 g/mol. The fourth-order valence-electron chi connectivity index (χ4n) is 2.59. The second-order valence-electron chi connectivity index (χ2n) is 6.24. The second kappa shape index (κ2) is 7.82. The van der Waals surface area contributed by atoms with Crippen LogP contribution in [0.4, 0.5) is 11.5 Å².